The average Bonchev–Trinajstić information content (AvgIpc) is 2.47. The van der Waals surface area contributed by atoms with Crippen molar-refractivity contribution in [2.45, 2.75) is 33.6 Å². The van der Waals surface area contributed by atoms with E-state index in [0.717, 1.165) is 31.6 Å². The summed E-state index contributed by atoms with van der Waals surface area (Å²) in [6, 6.07) is 0. The minimum absolute atomic E-state index is 0.371. The third-order valence-corrected chi connectivity index (χ3v) is 3.02. The summed E-state index contributed by atoms with van der Waals surface area (Å²) >= 11 is 0. The Morgan fingerprint density at radius 1 is 1.10 bits per heavy atom. The first-order valence-corrected chi connectivity index (χ1v) is 6.81. The van der Waals surface area contributed by atoms with E-state index in [1.54, 1.807) is 0 Å². The van der Waals surface area contributed by atoms with Gasteiger partial charge in [-0.05, 0) is 26.3 Å². The zero-order chi connectivity index (χ0) is 15.5. The molecule has 0 atom stereocenters. The Balaban J connectivity index is 5.32. The van der Waals surface area contributed by atoms with E-state index in [-0.39, 0.29) is 0 Å². The maximum atomic E-state index is 11.8. The van der Waals surface area contributed by atoms with Crippen LogP contribution in [0.3, 0.4) is 0 Å². The minimum atomic E-state index is -0.504. The van der Waals surface area contributed by atoms with Gasteiger partial charge in [0.25, 0.3) is 0 Å². The minimum Gasteiger partial charge on any atom is -0.466 e. The molecule has 0 saturated heterocycles. The summed E-state index contributed by atoms with van der Waals surface area (Å²) < 4.78 is 9.30. The van der Waals surface area contributed by atoms with Gasteiger partial charge in [-0.1, -0.05) is 13.3 Å². The Labute approximate surface area is 121 Å². The average molecular weight is 283 g/mol. The van der Waals surface area contributed by atoms with E-state index in [4.69, 9.17) is 4.74 Å². The lowest BCUT2D eigenvalue weighted by molar-refractivity contribution is -0.135. The number of allylic oxidation sites excluding steroid dienone is 1. The van der Waals surface area contributed by atoms with E-state index in [1.165, 1.54) is 26.4 Å². The topological polar surface area (TPSA) is 55.8 Å². The first-order chi connectivity index (χ1) is 9.51. The molecule has 0 fully saturated rings. The van der Waals surface area contributed by atoms with Crippen LogP contribution in [0.25, 0.3) is 0 Å². The standard InChI is InChI=1S/C15H25NO4/c1-6-8-11-16(7-2)12(3)13(15(18)20-5)9-10-14(17)19-4/h9-10H,6-8,11H2,1-5H3. The quantitative estimate of drug-likeness (QED) is 0.388. The lowest BCUT2D eigenvalue weighted by atomic mass is 10.1. The van der Waals surface area contributed by atoms with Crippen LogP contribution in [-0.4, -0.2) is 44.1 Å². The highest BCUT2D eigenvalue weighted by Gasteiger charge is 2.15. The van der Waals surface area contributed by atoms with Crippen LogP contribution < -0.4 is 0 Å². The molecule has 0 spiro atoms. The van der Waals surface area contributed by atoms with Crippen molar-refractivity contribution in [3.05, 3.63) is 23.4 Å². The number of hydrogen-bond donors (Lipinski definition) is 0. The fourth-order valence-corrected chi connectivity index (χ4v) is 1.75. The van der Waals surface area contributed by atoms with E-state index >= 15 is 0 Å². The van der Waals surface area contributed by atoms with Crippen molar-refractivity contribution in [3.63, 3.8) is 0 Å². The van der Waals surface area contributed by atoms with Crippen molar-refractivity contribution in [1.29, 1.82) is 0 Å². The number of nitrogens with zero attached hydrogens (tertiary/aromatic N) is 1. The van der Waals surface area contributed by atoms with Gasteiger partial charge in [0.1, 0.15) is 0 Å². The van der Waals surface area contributed by atoms with Gasteiger partial charge in [0, 0.05) is 24.9 Å². The van der Waals surface area contributed by atoms with Gasteiger partial charge >= 0.3 is 11.9 Å². The predicted molar refractivity (Wildman–Crippen MR) is 78.0 cm³/mol. The molecule has 0 saturated carbocycles. The number of carbonyl (C=O) groups is 2. The van der Waals surface area contributed by atoms with Crippen LogP contribution in [0.15, 0.2) is 23.4 Å². The summed E-state index contributed by atoms with van der Waals surface area (Å²) in [6.45, 7) is 7.65. The van der Waals surface area contributed by atoms with Crippen molar-refractivity contribution in [3.8, 4) is 0 Å². The normalized spacial score (nSPS) is 12.1. The van der Waals surface area contributed by atoms with Crippen molar-refractivity contribution >= 4 is 11.9 Å². The molecular formula is C15H25NO4. The van der Waals surface area contributed by atoms with Gasteiger partial charge in [0.2, 0.25) is 0 Å². The highest BCUT2D eigenvalue weighted by atomic mass is 16.5. The van der Waals surface area contributed by atoms with E-state index in [9.17, 15) is 9.59 Å². The number of ether oxygens (including phenoxy) is 2. The van der Waals surface area contributed by atoms with E-state index < -0.39 is 11.9 Å². The van der Waals surface area contributed by atoms with Gasteiger partial charge in [-0.3, -0.25) is 0 Å². The van der Waals surface area contributed by atoms with Crippen LogP contribution in [0.4, 0.5) is 0 Å². The van der Waals surface area contributed by atoms with Crippen LogP contribution in [-0.2, 0) is 19.1 Å². The molecule has 0 amide bonds. The van der Waals surface area contributed by atoms with Gasteiger partial charge in [0.05, 0.1) is 19.8 Å². The van der Waals surface area contributed by atoms with E-state index in [2.05, 4.69) is 16.6 Å². The van der Waals surface area contributed by atoms with Crippen LogP contribution in [0.5, 0.6) is 0 Å². The second-order valence-electron chi connectivity index (χ2n) is 4.28. The van der Waals surface area contributed by atoms with Crippen LogP contribution in [0.1, 0.15) is 33.6 Å². The third-order valence-electron chi connectivity index (χ3n) is 3.02. The molecule has 0 heterocycles. The lowest BCUT2D eigenvalue weighted by Gasteiger charge is -2.25. The molecule has 0 N–H and O–H groups in total. The highest BCUT2D eigenvalue weighted by Crippen LogP contribution is 2.14. The number of hydrogen-bond acceptors (Lipinski definition) is 5. The fourth-order valence-electron chi connectivity index (χ4n) is 1.75. The summed E-state index contributed by atoms with van der Waals surface area (Å²) in [5, 5.41) is 0. The van der Waals surface area contributed by atoms with Gasteiger partial charge in [0.15, 0.2) is 0 Å². The van der Waals surface area contributed by atoms with Crippen molar-refractivity contribution in [2.24, 2.45) is 0 Å². The van der Waals surface area contributed by atoms with Gasteiger partial charge < -0.3 is 14.4 Å². The largest absolute Gasteiger partial charge is 0.466 e. The maximum absolute atomic E-state index is 11.8. The Morgan fingerprint density at radius 3 is 2.20 bits per heavy atom. The molecule has 0 aliphatic heterocycles. The Kier molecular flexibility index (Phi) is 9.17. The molecule has 114 valence electrons. The van der Waals surface area contributed by atoms with Gasteiger partial charge in [-0.25, -0.2) is 9.59 Å². The van der Waals surface area contributed by atoms with Crippen molar-refractivity contribution < 1.29 is 19.1 Å². The molecule has 0 radical (unpaired) electrons. The van der Waals surface area contributed by atoms with Gasteiger partial charge in [-0.2, -0.15) is 0 Å². The first kappa shape index (κ1) is 18.2. The predicted octanol–water partition coefficient (Wildman–Crippen LogP) is 2.28. The Morgan fingerprint density at radius 2 is 1.75 bits per heavy atom. The summed E-state index contributed by atoms with van der Waals surface area (Å²) in [4.78, 5) is 25.1. The molecule has 5 heteroatoms. The second-order valence-corrected chi connectivity index (χ2v) is 4.28. The molecule has 0 aromatic carbocycles. The first-order valence-electron chi connectivity index (χ1n) is 6.81. The highest BCUT2D eigenvalue weighted by molar-refractivity contribution is 5.94. The molecule has 0 aromatic rings. The van der Waals surface area contributed by atoms with Crippen molar-refractivity contribution in [1.82, 2.24) is 4.90 Å². The summed E-state index contributed by atoms with van der Waals surface area (Å²) in [6.07, 6.45) is 4.79. The van der Waals surface area contributed by atoms with Crippen LogP contribution in [0, 0.1) is 0 Å². The molecule has 0 rings (SSSR count). The number of unbranched alkanes of at least 4 members (excludes halogenated alkanes) is 1. The molecular weight excluding hydrogens is 258 g/mol. The maximum Gasteiger partial charge on any atom is 0.339 e. The molecule has 0 aliphatic rings. The van der Waals surface area contributed by atoms with Crippen LogP contribution >= 0.6 is 0 Å². The molecule has 0 unspecified atom stereocenters. The lowest BCUT2D eigenvalue weighted by Crippen LogP contribution is -2.25. The van der Waals surface area contributed by atoms with E-state index in [1.807, 2.05) is 13.8 Å². The SMILES string of the molecule is CCCCN(CC)C(C)=C(C=CC(=O)OC)C(=O)OC. The number of rotatable bonds is 8. The van der Waals surface area contributed by atoms with Crippen molar-refractivity contribution in [2.75, 3.05) is 27.3 Å². The summed E-state index contributed by atoms with van der Waals surface area (Å²) in [5.74, 6) is -0.964. The molecule has 20 heavy (non-hydrogen) atoms. The summed E-state index contributed by atoms with van der Waals surface area (Å²) in [7, 11) is 2.62. The van der Waals surface area contributed by atoms with E-state index in [0.29, 0.717) is 5.57 Å². The number of carbonyl (C=O) groups excluding carboxylic acids is 2. The molecule has 0 aromatic heterocycles. The zero-order valence-electron chi connectivity index (χ0n) is 13.1. The number of methoxy groups -OCH3 is 2. The van der Waals surface area contributed by atoms with Crippen LogP contribution in [0.2, 0.25) is 0 Å². The summed E-state index contributed by atoms with van der Waals surface area (Å²) in [5.41, 5.74) is 1.17. The number of esters is 2. The monoisotopic (exact) mass is 283 g/mol. The Bertz CT molecular complexity index is 385. The molecule has 0 aliphatic carbocycles. The zero-order valence-corrected chi connectivity index (χ0v) is 13.1. The third kappa shape index (κ3) is 5.91. The molecule has 0 bridgehead atoms. The Hall–Kier alpha value is -1.78. The smallest absolute Gasteiger partial charge is 0.339 e. The second kappa shape index (κ2) is 10.1. The fraction of sp³-hybridized carbons (Fsp3) is 0.600. The molecule has 5 nitrogen and oxygen atoms in total. The van der Waals surface area contributed by atoms with Gasteiger partial charge in [-0.15, -0.1) is 0 Å².